The third kappa shape index (κ3) is 28.4. The normalized spacial score (nSPS) is 13.8. The first-order valence-electron chi connectivity index (χ1n) is 17.8. The standard InChI is InChI=1S/C36H70O7/c1-7-13-15-17-19-25-31-41-35(29-23-21-27-33(37-9-3)38-10-4)43-36(42-32-26-20-18-16-14-8-2)30-24-22-28-34(39-11-5)40-12-6/h23-24,29-30,33-36H,7-22,25-28,31-32H2,1-6H3. The summed E-state index contributed by atoms with van der Waals surface area (Å²) in [4.78, 5) is 0. The van der Waals surface area contributed by atoms with Crippen LogP contribution in [0.3, 0.4) is 0 Å². The number of hydrogen-bond donors (Lipinski definition) is 0. The van der Waals surface area contributed by atoms with Gasteiger partial charge in [0.1, 0.15) is 0 Å². The van der Waals surface area contributed by atoms with Gasteiger partial charge in [-0.25, -0.2) is 0 Å². The highest BCUT2D eigenvalue weighted by Gasteiger charge is 2.15. The van der Waals surface area contributed by atoms with E-state index in [0.29, 0.717) is 39.6 Å². The summed E-state index contributed by atoms with van der Waals surface area (Å²) < 4.78 is 41.7. The van der Waals surface area contributed by atoms with Crippen LogP contribution in [0.1, 0.15) is 144 Å². The Labute approximate surface area is 266 Å². The summed E-state index contributed by atoms with van der Waals surface area (Å²) in [5.41, 5.74) is 0. The lowest BCUT2D eigenvalue weighted by molar-refractivity contribution is -0.208. The second-order valence-electron chi connectivity index (χ2n) is 10.8. The molecular weight excluding hydrogens is 544 g/mol. The SMILES string of the molecule is CCCCCCCCOC(C=CCCC(OCC)OCC)OC(C=CCCC(OCC)OCC)OCCCCCCCC. The summed E-state index contributed by atoms with van der Waals surface area (Å²) in [5, 5.41) is 0. The van der Waals surface area contributed by atoms with Gasteiger partial charge in [0.25, 0.3) is 0 Å². The first kappa shape index (κ1) is 42.2. The summed E-state index contributed by atoms with van der Waals surface area (Å²) in [6.07, 6.45) is 24.8. The number of rotatable bonds is 34. The molecule has 0 aromatic heterocycles. The van der Waals surface area contributed by atoms with Gasteiger partial charge in [-0.2, -0.15) is 0 Å². The third-order valence-electron chi connectivity index (χ3n) is 6.96. The molecule has 7 heteroatoms. The van der Waals surface area contributed by atoms with Crippen LogP contribution in [0.2, 0.25) is 0 Å². The number of ether oxygens (including phenoxy) is 7. The van der Waals surface area contributed by atoms with Crippen molar-refractivity contribution in [3.63, 3.8) is 0 Å². The minimum Gasteiger partial charge on any atom is -0.353 e. The Kier molecular flexibility index (Phi) is 33.4. The van der Waals surface area contributed by atoms with E-state index in [9.17, 15) is 0 Å². The Hall–Kier alpha value is -0.800. The summed E-state index contributed by atoms with van der Waals surface area (Å²) in [5.74, 6) is 0. The molecule has 2 atom stereocenters. The van der Waals surface area contributed by atoms with Crippen LogP contribution in [0.5, 0.6) is 0 Å². The zero-order chi connectivity index (χ0) is 31.6. The van der Waals surface area contributed by atoms with Crippen LogP contribution >= 0.6 is 0 Å². The smallest absolute Gasteiger partial charge is 0.180 e. The van der Waals surface area contributed by atoms with E-state index < -0.39 is 12.6 Å². The van der Waals surface area contributed by atoms with Gasteiger partial charge in [0.2, 0.25) is 0 Å². The fourth-order valence-electron chi connectivity index (χ4n) is 4.63. The average molecular weight is 615 g/mol. The molecule has 0 radical (unpaired) electrons. The third-order valence-corrected chi connectivity index (χ3v) is 6.96. The summed E-state index contributed by atoms with van der Waals surface area (Å²) in [6, 6.07) is 0. The Bertz CT molecular complexity index is 536. The van der Waals surface area contributed by atoms with E-state index in [0.717, 1.165) is 38.5 Å². The minimum atomic E-state index is -0.480. The second kappa shape index (κ2) is 34.1. The van der Waals surface area contributed by atoms with Crippen molar-refractivity contribution >= 4 is 0 Å². The molecular formula is C36H70O7. The molecule has 0 rings (SSSR count). The molecule has 2 unspecified atom stereocenters. The van der Waals surface area contributed by atoms with Crippen molar-refractivity contribution in [1.82, 2.24) is 0 Å². The Morgan fingerprint density at radius 3 is 1.12 bits per heavy atom. The van der Waals surface area contributed by atoms with E-state index in [2.05, 4.69) is 26.0 Å². The molecule has 0 spiro atoms. The van der Waals surface area contributed by atoms with Gasteiger partial charge in [-0.3, -0.25) is 0 Å². The van der Waals surface area contributed by atoms with E-state index in [1.54, 1.807) is 0 Å². The minimum absolute atomic E-state index is 0.184. The van der Waals surface area contributed by atoms with E-state index in [1.165, 1.54) is 64.2 Å². The van der Waals surface area contributed by atoms with Crippen LogP contribution in [-0.2, 0) is 33.2 Å². The maximum Gasteiger partial charge on any atom is 0.180 e. The van der Waals surface area contributed by atoms with Crippen molar-refractivity contribution < 1.29 is 33.2 Å². The second-order valence-corrected chi connectivity index (χ2v) is 10.8. The molecule has 0 aliphatic heterocycles. The van der Waals surface area contributed by atoms with Crippen LogP contribution in [0.4, 0.5) is 0 Å². The molecule has 0 aliphatic carbocycles. The summed E-state index contributed by atoms with van der Waals surface area (Å²) >= 11 is 0. The van der Waals surface area contributed by atoms with Crippen LogP contribution in [0, 0.1) is 0 Å². The highest BCUT2D eigenvalue weighted by molar-refractivity contribution is 4.90. The van der Waals surface area contributed by atoms with E-state index >= 15 is 0 Å². The van der Waals surface area contributed by atoms with Gasteiger partial charge >= 0.3 is 0 Å². The molecule has 43 heavy (non-hydrogen) atoms. The number of unbranched alkanes of at least 4 members (excludes halogenated alkanes) is 10. The van der Waals surface area contributed by atoms with Gasteiger partial charge in [0, 0.05) is 39.3 Å². The maximum atomic E-state index is 6.40. The Morgan fingerprint density at radius 2 is 0.767 bits per heavy atom. The van der Waals surface area contributed by atoms with Gasteiger partial charge in [-0.1, -0.05) is 90.2 Å². The monoisotopic (exact) mass is 615 g/mol. The van der Waals surface area contributed by atoms with E-state index in [1.807, 2.05) is 39.8 Å². The number of hydrogen-bond acceptors (Lipinski definition) is 7. The molecule has 0 N–H and O–H groups in total. The van der Waals surface area contributed by atoms with Gasteiger partial charge < -0.3 is 33.2 Å². The molecule has 0 aromatic carbocycles. The van der Waals surface area contributed by atoms with Crippen molar-refractivity contribution in [3.8, 4) is 0 Å². The molecule has 0 aliphatic rings. The van der Waals surface area contributed by atoms with Gasteiger partial charge in [0.15, 0.2) is 25.2 Å². The quantitative estimate of drug-likeness (QED) is 0.0406. The molecule has 0 amide bonds. The predicted molar refractivity (Wildman–Crippen MR) is 178 cm³/mol. The van der Waals surface area contributed by atoms with Crippen molar-refractivity contribution in [2.45, 2.75) is 169 Å². The average Bonchev–Trinajstić information content (AvgIpc) is 3.00. The zero-order valence-electron chi connectivity index (χ0n) is 29.0. The molecule has 7 nitrogen and oxygen atoms in total. The fraction of sp³-hybridized carbons (Fsp3) is 0.889. The van der Waals surface area contributed by atoms with Crippen molar-refractivity contribution in [3.05, 3.63) is 24.3 Å². The first-order valence-corrected chi connectivity index (χ1v) is 17.8. The summed E-state index contributed by atoms with van der Waals surface area (Å²) in [7, 11) is 0. The Morgan fingerprint density at radius 1 is 0.419 bits per heavy atom. The molecule has 0 saturated heterocycles. The highest BCUT2D eigenvalue weighted by Crippen LogP contribution is 2.14. The van der Waals surface area contributed by atoms with Crippen LogP contribution < -0.4 is 0 Å². The molecule has 0 bridgehead atoms. The maximum absolute atomic E-state index is 6.40. The number of allylic oxidation sites excluding steroid dienone is 2. The highest BCUT2D eigenvalue weighted by atomic mass is 16.8. The molecule has 256 valence electrons. The van der Waals surface area contributed by atoms with Crippen molar-refractivity contribution in [1.29, 1.82) is 0 Å². The molecule has 0 fully saturated rings. The van der Waals surface area contributed by atoms with Crippen molar-refractivity contribution in [2.24, 2.45) is 0 Å². The molecule has 0 aromatic rings. The lowest BCUT2D eigenvalue weighted by Crippen LogP contribution is -2.25. The van der Waals surface area contributed by atoms with Crippen molar-refractivity contribution in [2.75, 3.05) is 39.6 Å². The van der Waals surface area contributed by atoms with Crippen LogP contribution in [0.15, 0.2) is 24.3 Å². The van der Waals surface area contributed by atoms with Gasteiger partial charge in [-0.15, -0.1) is 0 Å². The Balaban J connectivity index is 5.23. The molecule has 0 heterocycles. The lowest BCUT2D eigenvalue weighted by atomic mass is 10.1. The first-order chi connectivity index (χ1) is 21.1. The van der Waals surface area contributed by atoms with Gasteiger partial charge in [-0.05, 0) is 65.5 Å². The topological polar surface area (TPSA) is 64.6 Å². The lowest BCUT2D eigenvalue weighted by Gasteiger charge is -2.22. The zero-order valence-corrected chi connectivity index (χ0v) is 29.0. The van der Waals surface area contributed by atoms with Crippen LogP contribution in [0.25, 0.3) is 0 Å². The fourth-order valence-corrected chi connectivity index (χ4v) is 4.63. The van der Waals surface area contributed by atoms with E-state index in [-0.39, 0.29) is 12.6 Å². The molecule has 0 saturated carbocycles. The summed E-state index contributed by atoms with van der Waals surface area (Å²) in [6.45, 7) is 16.4. The predicted octanol–water partition coefficient (Wildman–Crippen LogP) is 9.88. The largest absolute Gasteiger partial charge is 0.353 e. The van der Waals surface area contributed by atoms with Crippen LogP contribution in [-0.4, -0.2) is 64.8 Å². The van der Waals surface area contributed by atoms with E-state index in [4.69, 9.17) is 33.2 Å². The van der Waals surface area contributed by atoms with Gasteiger partial charge in [0.05, 0.1) is 13.2 Å².